The number of rotatable bonds is 8. The van der Waals surface area contributed by atoms with Gasteiger partial charge in [0.25, 0.3) is 6.43 Å². The third kappa shape index (κ3) is 5.82. The van der Waals surface area contributed by atoms with Crippen molar-refractivity contribution in [1.29, 1.82) is 5.41 Å². The molecule has 3 N–H and O–H groups in total. The van der Waals surface area contributed by atoms with Crippen molar-refractivity contribution in [2.45, 2.75) is 50.7 Å². The van der Waals surface area contributed by atoms with E-state index in [0.717, 1.165) is 0 Å². The number of amidine groups is 1. The van der Waals surface area contributed by atoms with E-state index in [1.54, 1.807) is 30.3 Å². The summed E-state index contributed by atoms with van der Waals surface area (Å²) in [4.78, 5) is 27.2. The number of aromatic nitrogens is 4. The van der Waals surface area contributed by atoms with Crippen LogP contribution in [0.3, 0.4) is 0 Å². The predicted molar refractivity (Wildman–Crippen MR) is 134 cm³/mol. The van der Waals surface area contributed by atoms with E-state index in [9.17, 15) is 13.6 Å². The van der Waals surface area contributed by atoms with Gasteiger partial charge in [0, 0.05) is 19.2 Å². The third-order valence-corrected chi connectivity index (χ3v) is 6.52. The average molecular weight is 530 g/mol. The lowest BCUT2D eigenvalue weighted by Crippen LogP contribution is -2.37. The molecule has 0 bridgehead atoms. The molecule has 0 amide bonds. The van der Waals surface area contributed by atoms with Crippen LogP contribution in [0.4, 0.5) is 14.7 Å². The molecule has 2 fully saturated rings. The van der Waals surface area contributed by atoms with Crippen LogP contribution in [0.1, 0.15) is 44.4 Å². The number of carbonyl (C=O) groups excluding carboxylic acids is 1. The zero-order chi connectivity index (χ0) is 26.6. The van der Waals surface area contributed by atoms with Gasteiger partial charge in [0.15, 0.2) is 5.82 Å². The Kier molecular flexibility index (Phi) is 7.63. The number of para-hydroxylation sites is 2. The molecule has 0 atom stereocenters. The molecule has 5 rings (SSSR count). The smallest absolute Gasteiger partial charge is 0.313 e. The maximum atomic E-state index is 14.0. The fourth-order valence-electron chi connectivity index (χ4n) is 4.73. The first-order valence-electron chi connectivity index (χ1n) is 12.5. The Morgan fingerprint density at radius 1 is 1.11 bits per heavy atom. The Morgan fingerprint density at radius 2 is 1.82 bits per heavy atom. The number of halogens is 2. The largest absolute Gasteiger partial charge is 0.474 e. The molecule has 202 valence electrons. The van der Waals surface area contributed by atoms with E-state index in [-0.39, 0.29) is 36.2 Å². The van der Waals surface area contributed by atoms with Crippen LogP contribution in [-0.4, -0.2) is 69.8 Å². The van der Waals surface area contributed by atoms with Crippen LogP contribution in [0.25, 0.3) is 16.9 Å². The molecule has 13 heteroatoms. The maximum absolute atomic E-state index is 14.0. The predicted octanol–water partition coefficient (Wildman–Crippen LogP) is 3.15. The number of ether oxygens (including phenoxy) is 3. The number of morpholine rings is 1. The lowest BCUT2D eigenvalue weighted by molar-refractivity contribution is -0.149. The molecule has 38 heavy (non-hydrogen) atoms. The van der Waals surface area contributed by atoms with Gasteiger partial charge in [0.05, 0.1) is 24.2 Å². The SMILES string of the molecule is N=C(N)CC(=O)OC1CCC(Oc2cc(-n3c(C(F)F)nc4ccccc43)nc(N3CCOCC3)n2)CC1. The number of benzene rings is 1. The summed E-state index contributed by atoms with van der Waals surface area (Å²) in [6.07, 6.45) is -1.11. The van der Waals surface area contributed by atoms with Gasteiger partial charge < -0.3 is 24.8 Å². The lowest BCUT2D eigenvalue weighted by Gasteiger charge is -2.30. The fraction of sp³-hybridized carbons (Fsp3) is 0.480. The molecular weight excluding hydrogens is 500 g/mol. The zero-order valence-corrected chi connectivity index (χ0v) is 20.7. The summed E-state index contributed by atoms with van der Waals surface area (Å²) < 4.78 is 46.5. The molecule has 3 aromatic rings. The quantitative estimate of drug-likeness (QED) is 0.256. The van der Waals surface area contributed by atoms with E-state index in [0.29, 0.717) is 69.0 Å². The summed E-state index contributed by atoms with van der Waals surface area (Å²) in [5.41, 5.74) is 6.22. The first-order chi connectivity index (χ1) is 18.4. The maximum Gasteiger partial charge on any atom is 0.313 e. The number of alkyl halides is 2. The molecule has 0 unspecified atom stereocenters. The topological polar surface area (TPSA) is 141 Å². The second-order valence-corrected chi connectivity index (χ2v) is 9.27. The Labute approximate surface area is 217 Å². The highest BCUT2D eigenvalue weighted by atomic mass is 19.3. The van der Waals surface area contributed by atoms with E-state index < -0.39 is 18.2 Å². The molecule has 1 aliphatic heterocycles. The van der Waals surface area contributed by atoms with Crippen molar-refractivity contribution in [2.24, 2.45) is 5.73 Å². The number of nitrogens with zero attached hydrogens (tertiary/aromatic N) is 5. The van der Waals surface area contributed by atoms with Gasteiger partial charge in [0.1, 0.15) is 30.3 Å². The summed E-state index contributed by atoms with van der Waals surface area (Å²) in [6.45, 7) is 2.14. The van der Waals surface area contributed by atoms with Crippen molar-refractivity contribution < 1.29 is 27.8 Å². The highest BCUT2D eigenvalue weighted by molar-refractivity contribution is 5.94. The summed E-state index contributed by atoms with van der Waals surface area (Å²) in [6, 6.07) is 8.47. The van der Waals surface area contributed by atoms with Crippen LogP contribution in [0, 0.1) is 5.41 Å². The summed E-state index contributed by atoms with van der Waals surface area (Å²) in [5, 5.41) is 7.23. The van der Waals surface area contributed by atoms with Gasteiger partial charge in [-0.15, -0.1) is 0 Å². The molecule has 3 heterocycles. The number of fused-ring (bicyclic) bond motifs is 1. The molecule has 1 aliphatic carbocycles. The minimum Gasteiger partial charge on any atom is -0.474 e. The van der Waals surface area contributed by atoms with Crippen LogP contribution < -0.4 is 15.4 Å². The summed E-state index contributed by atoms with van der Waals surface area (Å²) >= 11 is 0. The van der Waals surface area contributed by atoms with E-state index in [1.165, 1.54) is 4.57 Å². The number of esters is 1. The van der Waals surface area contributed by atoms with Crippen molar-refractivity contribution in [1.82, 2.24) is 19.5 Å². The third-order valence-electron chi connectivity index (χ3n) is 6.52. The van der Waals surface area contributed by atoms with Gasteiger partial charge in [-0.2, -0.15) is 9.97 Å². The highest BCUT2D eigenvalue weighted by Gasteiger charge is 2.28. The molecule has 0 radical (unpaired) electrons. The van der Waals surface area contributed by atoms with Crippen LogP contribution in [-0.2, 0) is 14.3 Å². The first kappa shape index (κ1) is 25.8. The minimum absolute atomic E-state index is 0.202. The van der Waals surface area contributed by atoms with Crippen molar-refractivity contribution in [3.8, 4) is 11.7 Å². The number of hydrogen-bond acceptors (Lipinski definition) is 9. The Balaban J connectivity index is 1.41. The molecule has 0 spiro atoms. The van der Waals surface area contributed by atoms with Crippen LogP contribution in [0.5, 0.6) is 5.88 Å². The monoisotopic (exact) mass is 529 g/mol. The Morgan fingerprint density at radius 3 is 2.53 bits per heavy atom. The number of anilines is 1. The highest BCUT2D eigenvalue weighted by Crippen LogP contribution is 2.31. The van der Waals surface area contributed by atoms with E-state index in [1.807, 2.05) is 4.90 Å². The fourth-order valence-corrected chi connectivity index (χ4v) is 4.73. The molecule has 1 aromatic carbocycles. The Bertz CT molecular complexity index is 1300. The number of nitrogens with one attached hydrogen (secondary N) is 1. The normalized spacial score (nSPS) is 20.0. The minimum atomic E-state index is -2.81. The average Bonchev–Trinajstić information content (AvgIpc) is 3.30. The van der Waals surface area contributed by atoms with Gasteiger partial charge in [0.2, 0.25) is 11.8 Å². The number of carbonyl (C=O) groups is 1. The molecule has 2 aliphatic rings. The Hall–Kier alpha value is -3.87. The second kappa shape index (κ2) is 11.3. The van der Waals surface area contributed by atoms with Crippen LogP contribution in [0.15, 0.2) is 30.3 Å². The lowest BCUT2D eigenvalue weighted by atomic mass is 9.95. The van der Waals surface area contributed by atoms with E-state index in [2.05, 4.69) is 15.0 Å². The van der Waals surface area contributed by atoms with Crippen molar-refractivity contribution >= 4 is 28.8 Å². The van der Waals surface area contributed by atoms with Gasteiger partial charge in [-0.05, 0) is 37.8 Å². The standard InChI is InChI=1S/C25H29F2N7O4/c26-23(27)24-30-17-3-1-2-4-18(17)34(24)20-14-21(32-25(31-20)33-9-11-36-12-10-33)37-15-5-7-16(8-6-15)38-22(35)13-19(28)29/h1-4,14-16,23H,5-13H2,(H3,28,29). The number of imidazole rings is 1. The second-order valence-electron chi connectivity index (χ2n) is 9.27. The van der Waals surface area contributed by atoms with Gasteiger partial charge in [-0.25, -0.2) is 13.8 Å². The first-order valence-corrected chi connectivity index (χ1v) is 12.5. The van der Waals surface area contributed by atoms with Crippen molar-refractivity contribution in [3.63, 3.8) is 0 Å². The number of hydrogen-bond donors (Lipinski definition) is 2. The number of nitrogens with two attached hydrogens (primary N) is 1. The zero-order valence-electron chi connectivity index (χ0n) is 20.7. The van der Waals surface area contributed by atoms with E-state index in [4.69, 9.17) is 25.4 Å². The van der Waals surface area contributed by atoms with Gasteiger partial charge in [-0.1, -0.05) is 12.1 Å². The molecule has 1 saturated carbocycles. The van der Waals surface area contributed by atoms with E-state index >= 15 is 0 Å². The van der Waals surface area contributed by atoms with Gasteiger partial charge in [-0.3, -0.25) is 14.8 Å². The van der Waals surface area contributed by atoms with Crippen molar-refractivity contribution in [3.05, 3.63) is 36.2 Å². The summed E-state index contributed by atoms with van der Waals surface area (Å²) in [7, 11) is 0. The summed E-state index contributed by atoms with van der Waals surface area (Å²) in [5.74, 6) is -0.274. The molecular formula is C25H29F2N7O4. The van der Waals surface area contributed by atoms with Crippen molar-refractivity contribution in [2.75, 3.05) is 31.2 Å². The molecule has 2 aromatic heterocycles. The van der Waals surface area contributed by atoms with Crippen LogP contribution >= 0.6 is 0 Å². The van der Waals surface area contributed by atoms with Crippen LogP contribution in [0.2, 0.25) is 0 Å². The van der Waals surface area contributed by atoms with Gasteiger partial charge >= 0.3 is 5.97 Å². The molecule has 1 saturated heterocycles. The molecule has 11 nitrogen and oxygen atoms in total.